The van der Waals surface area contributed by atoms with Crippen LogP contribution in [-0.4, -0.2) is 49.3 Å². The van der Waals surface area contributed by atoms with E-state index in [2.05, 4.69) is 25.0 Å². The van der Waals surface area contributed by atoms with Gasteiger partial charge in [-0.15, -0.1) is 0 Å². The molecule has 35 heavy (non-hydrogen) atoms. The first kappa shape index (κ1) is 23.9. The summed E-state index contributed by atoms with van der Waals surface area (Å²) in [7, 11) is -0.774. The van der Waals surface area contributed by atoms with Gasteiger partial charge in [0.1, 0.15) is 17.8 Å². The molecule has 0 fully saturated rings. The Hall–Kier alpha value is -4.25. The molecule has 0 spiro atoms. The van der Waals surface area contributed by atoms with Gasteiger partial charge < -0.3 is 14.8 Å². The summed E-state index contributed by atoms with van der Waals surface area (Å²) in [5.41, 5.74) is 3.44. The topological polar surface area (TPSA) is 132 Å². The van der Waals surface area contributed by atoms with Crippen LogP contribution >= 0.6 is 0 Å². The minimum Gasteiger partial charge on any atom is -0.480 e. The number of ether oxygens (including phenoxy) is 2. The number of aromatic nitrogens is 3. The van der Waals surface area contributed by atoms with Gasteiger partial charge in [-0.25, -0.2) is 28.2 Å². The summed E-state index contributed by atoms with van der Waals surface area (Å²) in [6, 6.07) is 14.1. The quantitative estimate of drug-likeness (QED) is 0.350. The first-order chi connectivity index (χ1) is 16.8. The molecule has 0 atom stereocenters. The van der Waals surface area contributed by atoms with Crippen molar-refractivity contribution in [1.82, 2.24) is 15.0 Å². The van der Waals surface area contributed by atoms with Crippen molar-refractivity contribution in [3.05, 3.63) is 66.6 Å². The Kier molecular flexibility index (Phi) is 6.78. The molecule has 0 aliphatic heterocycles. The third-order valence-corrected chi connectivity index (χ3v) is 6.50. The van der Waals surface area contributed by atoms with Gasteiger partial charge >= 0.3 is 5.97 Å². The molecule has 0 saturated carbocycles. The van der Waals surface area contributed by atoms with E-state index >= 15 is 0 Å². The molecule has 0 aliphatic carbocycles. The summed E-state index contributed by atoms with van der Waals surface area (Å²) in [5.74, 6) is 0.180. The number of hydrogen-bond acceptors (Lipinski definition) is 9. The Morgan fingerprint density at radius 3 is 2.57 bits per heavy atom. The average molecular weight is 494 g/mol. The lowest BCUT2D eigenvalue weighted by molar-refractivity contribution is 0.0600. The van der Waals surface area contributed by atoms with Crippen molar-refractivity contribution in [2.45, 2.75) is 6.92 Å². The average Bonchev–Trinajstić information content (AvgIpc) is 2.88. The van der Waals surface area contributed by atoms with Crippen LogP contribution in [0.5, 0.6) is 5.88 Å². The Balaban J connectivity index is 1.74. The van der Waals surface area contributed by atoms with Crippen molar-refractivity contribution in [3.8, 4) is 17.0 Å². The molecular formula is C24H23N5O5S. The highest BCUT2D eigenvalue weighted by Gasteiger charge is 2.15. The molecule has 0 amide bonds. The van der Waals surface area contributed by atoms with E-state index in [0.717, 1.165) is 10.9 Å². The highest BCUT2D eigenvalue weighted by Crippen LogP contribution is 2.32. The van der Waals surface area contributed by atoms with E-state index in [1.54, 1.807) is 37.4 Å². The van der Waals surface area contributed by atoms with E-state index in [0.29, 0.717) is 28.1 Å². The molecule has 10 nitrogen and oxygen atoms in total. The first-order valence-electron chi connectivity index (χ1n) is 10.6. The number of nitrogens with zero attached hydrogens (tertiary/aromatic N) is 3. The number of hydrogen-bond donors (Lipinski definition) is 2. The van der Waals surface area contributed by atoms with Gasteiger partial charge in [-0.3, -0.25) is 4.72 Å². The monoisotopic (exact) mass is 493 g/mol. The second-order valence-electron chi connectivity index (χ2n) is 7.44. The van der Waals surface area contributed by atoms with Crippen LogP contribution in [-0.2, 0) is 14.8 Å². The predicted octanol–water partition coefficient (Wildman–Crippen LogP) is 3.99. The Morgan fingerprint density at radius 2 is 1.83 bits per heavy atom. The van der Waals surface area contributed by atoms with Crippen LogP contribution in [0.2, 0.25) is 0 Å². The molecule has 0 bridgehead atoms. The standard InChI is InChI=1S/C24H23N5O5S/c1-4-35(31,32)29-21-12-17(13-25-23(21)33-2)15-8-9-20-19(11-15)22(27-14-26-20)28-18-7-5-6-16(10-18)24(30)34-3/h5-14,29H,4H2,1-3H3,(H,26,27,28). The molecular weight excluding hydrogens is 470 g/mol. The Morgan fingerprint density at radius 1 is 1.00 bits per heavy atom. The molecule has 2 N–H and O–H groups in total. The van der Waals surface area contributed by atoms with Gasteiger partial charge in [0.05, 0.1) is 31.1 Å². The largest absolute Gasteiger partial charge is 0.480 e. The summed E-state index contributed by atoms with van der Waals surface area (Å²) in [6.45, 7) is 1.55. The number of carbonyl (C=O) groups excluding carboxylic acids is 1. The van der Waals surface area contributed by atoms with E-state index in [-0.39, 0.29) is 17.3 Å². The molecule has 0 unspecified atom stereocenters. The normalized spacial score (nSPS) is 11.2. The zero-order valence-electron chi connectivity index (χ0n) is 19.3. The lowest BCUT2D eigenvalue weighted by Crippen LogP contribution is -2.15. The number of nitrogens with one attached hydrogen (secondary N) is 2. The van der Waals surface area contributed by atoms with Gasteiger partial charge in [-0.05, 0) is 48.9 Å². The van der Waals surface area contributed by atoms with Crippen LogP contribution in [0.1, 0.15) is 17.3 Å². The third-order valence-electron chi connectivity index (χ3n) is 5.21. The zero-order chi connectivity index (χ0) is 25.0. The summed E-state index contributed by atoms with van der Waals surface area (Å²) in [6.07, 6.45) is 3.04. The zero-order valence-corrected chi connectivity index (χ0v) is 20.1. The first-order valence-corrected chi connectivity index (χ1v) is 12.2. The summed E-state index contributed by atoms with van der Waals surface area (Å²) in [5, 5.41) is 3.95. The molecule has 11 heteroatoms. The second kappa shape index (κ2) is 9.94. The molecule has 180 valence electrons. The number of esters is 1. The summed E-state index contributed by atoms with van der Waals surface area (Å²) in [4.78, 5) is 24.8. The Labute approximate surface area is 202 Å². The minimum atomic E-state index is -3.52. The number of carbonyl (C=O) groups is 1. The highest BCUT2D eigenvalue weighted by atomic mass is 32.2. The maximum absolute atomic E-state index is 12.1. The minimum absolute atomic E-state index is 0.0834. The molecule has 0 saturated heterocycles. The number of fused-ring (bicyclic) bond motifs is 1. The maximum Gasteiger partial charge on any atom is 0.337 e. The van der Waals surface area contributed by atoms with Gasteiger partial charge in [0.25, 0.3) is 0 Å². The smallest absolute Gasteiger partial charge is 0.337 e. The SMILES string of the molecule is CCS(=O)(=O)Nc1cc(-c2ccc3ncnc(Nc4cccc(C(=O)OC)c4)c3c2)cnc1OC. The highest BCUT2D eigenvalue weighted by molar-refractivity contribution is 7.92. The number of rotatable bonds is 8. The van der Waals surface area contributed by atoms with E-state index in [4.69, 9.17) is 9.47 Å². The second-order valence-corrected chi connectivity index (χ2v) is 9.45. The van der Waals surface area contributed by atoms with Gasteiger partial charge in [-0.1, -0.05) is 12.1 Å². The van der Waals surface area contributed by atoms with Crippen LogP contribution in [0.15, 0.2) is 61.1 Å². The molecule has 0 aliphatic rings. The third kappa shape index (κ3) is 5.30. The van der Waals surface area contributed by atoms with E-state index in [9.17, 15) is 13.2 Å². The number of sulfonamides is 1. The van der Waals surface area contributed by atoms with E-state index in [1.165, 1.54) is 20.5 Å². The summed E-state index contributed by atoms with van der Waals surface area (Å²) < 4.78 is 36.7. The number of benzene rings is 2. The molecule has 4 aromatic rings. The van der Waals surface area contributed by atoms with Gasteiger partial charge in [0.15, 0.2) is 0 Å². The molecule has 2 aromatic heterocycles. The van der Waals surface area contributed by atoms with Crippen molar-refractivity contribution in [2.75, 3.05) is 30.0 Å². The van der Waals surface area contributed by atoms with Crippen molar-refractivity contribution < 1.29 is 22.7 Å². The fraction of sp³-hybridized carbons (Fsp3) is 0.167. The van der Waals surface area contributed by atoms with Crippen LogP contribution in [0.3, 0.4) is 0 Å². The van der Waals surface area contributed by atoms with Crippen LogP contribution < -0.4 is 14.8 Å². The van der Waals surface area contributed by atoms with Crippen molar-refractivity contribution in [3.63, 3.8) is 0 Å². The van der Waals surface area contributed by atoms with E-state index in [1.807, 2.05) is 24.3 Å². The fourth-order valence-electron chi connectivity index (χ4n) is 3.40. The van der Waals surface area contributed by atoms with E-state index < -0.39 is 16.0 Å². The van der Waals surface area contributed by atoms with Crippen LogP contribution in [0.25, 0.3) is 22.0 Å². The number of pyridine rings is 1. The lowest BCUT2D eigenvalue weighted by Gasteiger charge is -2.13. The molecule has 0 radical (unpaired) electrons. The van der Waals surface area contributed by atoms with Crippen LogP contribution in [0, 0.1) is 0 Å². The van der Waals surface area contributed by atoms with Gasteiger partial charge in [0, 0.05) is 22.8 Å². The van der Waals surface area contributed by atoms with Crippen LogP contribution in [0.4, 0.5) is 17.2 Å². The van der Waals surface area contributed by atoms with Gasteiger partial charge in [-0.2, -0.15) is 0 Å². The molecule has 4 rings (SSSR count). The summed E-state index contributed by atoms with van der Waals surface area (Å²) >= 11 is 0. The maximum atomic E-state index is 12.1. The number of methoxy groups -OCH3 is 2. The number of anilines is 3. The van der Waals surface area contributed by atoms with Crippen molar-refractivity contribution in [1.29, 1.82) is 0 Å². The van der Waals surface area contributed by atoms with Crippen molar-refractivity contribution in [2.24, 2.45) is 0 Å². The molecule has 2 heterocycles. The fourth-order valence-corrected chi connectivity index (χ4v) is 4.03. The predicted molar refractivity (Wildman–Crippen MR) is 133 cm³/mol. The van der Waals surface area contributed by atoms with Gasteiger partial charge in [0.2, 0.25) is 15.9 Å². The van der Waals surface area contributed by atoms with Crippen molar-refractivity contribution >= 4 is 44.1 Å². The lowest BCUT2D eigenvalue weighted by atomic mass is 10.0. The Bertz CT molecular complexity index is 1510. The molecule has 2 aromatic carbocycles.